The molecule has 2 aromatic rings. The number of anilines is 1. The summed E-state index contributed by atoms with van der Waals surface area (Å²) in [5, 5.41) is 14.1. The van der Waals surface area contributed by atoms with Crippen LogP contribution in [0.3, 0.4) is 0 Å². The lowest BCUT2D eigenvalue weighted by Gasteiger charge is -2.38. The molecule has 3 rings (SSSR count). The maximum atomic E-state index is 12.3. The van der Waals surface area contributed by atoms with E-state index in [1.54, 1.807) is 0 Å². The molecule has 0 fully saturated rings. The van der Waals surface area contributed by atoms with Gasteiger partial charge in [-0.2, -0.15) is 0 Å². The highest BCUT2D eigenvalue weighted by Gasteiger charge is 2.35. The Morgan fingerprint density at radius 3 is 2.09 bits per heavy atom. The minimum Gasteiger partial charge on any atom is -0.507 e. The minimum atomic E-state index is -0.462. The summed E-state index contributed by atoms with van der Waals surface area (Å²) >= 11 is 0. The molecule has 0 saturated carbocycles. The predicted molar refractivity (Wildman–Crippen MR) is 189 cm³/mol. The van der Waals surface area contributed by atoms with Crippen LogP contribution >= 0.6 is 0 Å². The van der Waals surface area contributed by atoms with Gasteiger partial charge in [0.1, 0.15) is 29.5 Å². The summed E-state index contributed by atoms with van der Waals surface area (Å²) < 4.78 is 13.0. The molecular formula is C40H63NO4. The number of rotatable bonds is 16. The van der Waals surface area contributed by atoms with Gasteiger partial charge in [-0.05, 0) is 99.6 Å². The van der Waals surface area contributed by atoms with Crippen LogP contribution in [0.2, 0.25) is 0 Å². The highest BCUT2D eigenvalue weighted by Crippen LogP contribution is 2.45. The first kappa shape index (κ1) is 36.8. The Hall–Kier alpha value is -2.69. The van der Waals surface area contributed by atoms with Gasteiger partial charge >= 0.3 is 0 Å². The monoisotopic (exact) mass is 621 g/mol. The van der Waals surface area contributed by atoms with Crippen LogP contribution in [0.15, 0.2) is 24.3 Å². The van der Waals surface area contributed by atoms with Gasteiger partial charge in [0.05, 0.1) is 0 Å². The molecule has 45 heavy (non-hydrogen) atoms. The molecule has 1 aliphatic rings. The summed E-state index contributed by atoms with van der Waals surface area (Å²) in [5.41, 5.74) is 3.83. The number of ether oxygens (including phenoxy) is 2. The van der Waals surface area contributed by atoms with Crippen LogP contribution in [0.1, 0.15) is 142 Å². The van der Waals surface area contributed by atoms with Crippen molar-refractivity contribution >= 4 is 11.6 Å². The van der Waals surface area contributed by atoms with Crippen molar-refractivity contribution in [1.82, 2.24) is 0 Å². The molecule has 1 heterocycles. The van der Waals surface area contributed by atoms with Crippen molar-refractivity contribution in [1.29, 1.82) is 0 Å². The molecule has 1 aliphatic heterocycles. The van der Waals surface area contributed by atoms with Gasteiger partial charge in [-0.15, -0.1) is 0 Å². The first-order valence-corrected chi connectivity index (χ1v) is 17.7. The average Bonchev–Trinajstić information content (AvgIpc) is 2.96. The molecule has 2 aromatic carbocycles. The number of benzene rings is 2. The van der Waals surface area contributed by atoms with Gasteiger partial charge in [-0.3, -0.25) is 4.79 Å². The molecule has 0 saturated heterocycles. The van der Waals surface area contributed by atoms with E-state index in [4.69, 9.17) is 9.47 Å². The standard InChI is InChI=1S/C40H63NO4/c1-27(2)14-11-15-28(3)16-12-17-29(4)18-13-24-40(10)25-23-34-35(36(42)30(5)31(6)37(34)45-40)26-44-33-21-19-32(20-22-33)41-38(43)39(7,8)9/h19-22,27-29,42H,11-18,23-26H2,1-10H3,(H,41,43). The number of phenolic OH excluding ortho intramolecular Hbond substituents is 1. The number of carbonyl (C=O) groups is 1. The van der Waals surface area contributed by atoms with Crippen LogP contribution in [-0.4, -0.2) is 16.6 Å². The largest absolute Gasteiger partial charge is 0.507 e. The topological polar surface area (TPSA) is 67.8 Å². The SMILES string of the molecule is Cc1c(C)c2c(c(COc3ccc(NC(=O)C(C)(C)C)cc3)c1O)CCC(C)(CCCC(C)CCCC(C)CCCC(C)C)O2. The Labute approximate surface area is 274 Å². The Morgan fingerprint density at radius 2 is 1.51 bits per heavy atom. The number of fused-ring (bicyclic) bond motifs is 1. The summed E-state index contributed by atoms with van der Waals surface area (Å²) in [6.07, 6.45) is 13.4. The molecule has 252 valence electrons. The number of carbonyl (C=O) groups excluding carboxylic acids is 1. The molecule has 3 atom stereocenters. The quantitative estimate of drug-likeness (QED) is 0.196. The Morgan fingerprint density at radius 1 is 0.933 bits per heavy atom. The molecule has 0 radical (unpaired) electrons. The molecule has 0 spiro atoms. The van der Waals surface area contributed by atoms with Crippen molar-refractivity contribution in [2.24, 2.45) is 23.2 Å². The van der Waals surface area contributed by atoms with Crippen LogP contribution in [0.25, 0.3) is 0 Å². The zero-order valence-corrected chi connectivity index (χ0v) is 30.2. The third kappa shape index (κ3) is 11.0. The minimum absolute atomic E-state index is 0.0303. The van der Waals surface area contributed by atoms with E-state index in [2.05, 4.69) is 46.9 Å². The van der Waals surface area contributed by atoms with Gasteiger partial charge in [-0.1, -0.05) is 93.4 Å². The van der Waals surface area contributed by atoms with E-state index in [-0.39, 0.29) is 18.1 Å². The fourth-order valence-electron chi connectivity index (χ4n) is 6.41. The van der Waals surface area contributed by atoms with Crippen molar-refractivity contribution in [2.75, 3.05) is 5.32 Å². The third-order valence-electron chi connectivity index (χ3n) is 9.89. The summed E-state index contributed by atoms with van der Waals surface area (Å²) in [7, 11) is 0. The smallest absolute Gasteiger partial charge is 0.229 e. The molecule has 2 N–H and O–H groups in total. The molecule has 5 heteroatoms. The van der Waals surface area contributed by atoms with Crippen molar-refractivity contribution in [2.45, 2.75) is 152 Å². The van der Waals surface area contributed by atoms with E-state index < -0.39 is 5.41 Å². The Kier molecular flexibility index (Phi) is 13.3. The molecule has 0 aromatic heterocycles. The van der Waals surface area contributed by atoms with Gasteiger partial charge in [0.25, 0.3) is 0 Å². The normalized spacial score (nSPS) is 17.8. The summed E-state index contributed by atoms with van der Waals surface area (Å²) in [4.78, 5) is 12.3. The molecule has 3 unspecified atom stereocenters. The van der Waals surface area contributed by atoms with Gasteiger partial charge in [0, 0.05) is 22.2 Å². The first-order chi connectivity index (χ1) is 21.1. The van der Waals surface area contributed by atoms with E-state index >= 15 is 0 Å². The molecule has 0 aliphatic carbocycles. The summed E-state index contributed by atoms with van der Waals surface area (Å²) in [6, 6.07) is 7.40. The number of nitrogens with one attached hydrogen (secondary N) is 1. The highest BCUT2D eigenvalue weighted by molar-refractivity contribution is 5.94. The first-order valence-electron chi connectivity index (χ1n) is 17.7. The lowest BCUT2D eigenvalue weighted by molar-refractivity contribution is -0.123. The van der Waals surface area contributed by atoms with Crippen molar-refractivity contribution < 1.29 is 19.4 Å². The van der Waals surface area contributed by atoms with Gasteiger partial charge in [-0.25, -0.2) is 0 Å². The van der Waals surface area contributed by atoms with E-state index in [9.17, 15) is 9.90 Å². The second-order valence-corrected chi connectivity index (χ2v) is 15.8. The van der Waals surface area contributed by atoms with E-state index in [0.717, 1.165) is 70.7 Å². The zero-order chi connectivity index (χ0) is 33.4. The van der Waals surface area contributed by atoms with E-state index in [1.807, 2.05) is 52.0 Å². The Bertz CT molecular complexity index is 1240. The molecule has 1 amide bonds. The lowest BCUT2D eigenvalue weighted by Crippen LogP contribution is -2.37. The number of aromatic hydroxyl groups is 1. The molecular weight excluding hydrogens is 558 g/mol. The maximum absolute atomic E-state index is 12.3. The lowest BCUT2D eigenvalue weighted by atomic mass is 9.83. The van der Waals surface area contributed by atoms with Crippen LogP contribution in [-0.2, 0) is 17.8 Å². The van der Waals surface area contributed by atoms with Crippen molar-refractivity contribution in [3.8, 4) is 17.2 Å². The van der Waals surface area contributed by atoms with Crippen molar-refractivity contribution in [3.63, 3.8) is 0 Å². The van der Waals surface area contributed by atoms with Crippen molar-refractivity contribution in [3.05, 3.63) is 46.5 Å². The second kappa shape index (κ2) is 16.2. The van der Waals surface area contributed by atoms with Crippen LogP contribution in [0.4, 0.5) is 5.69 Å². The predicted octanol–water partition coefficient (Wildman–Crippen LogP) is 11.1. The van der Waals surface area contributed by atoms with Crippen LogP contribution in [0.5, 0.6) is 17.2 Å². The van der Waals surface area contributed by atoms with Crippen LogP contribution in [0, 0.1) is 37.0 Å². The summed E-state index contributed by atoms with van der Waals surface area (Å²) in [6.45, 7) is 21.7. The van der Waals surface area contributed by atoms with Gasteiger partial charge < -0.3 is 19.9 Å². The highest BCUT2D eigenvalue weighted by atomic mass is 16.5. The maximum Gasteiger partial charge on any atom is 0.229 e. The summed E-state index contributed by atoms with van der Waals surface area (Å²) in [5.74, 6) is 4.31. The molecule has 0 bridgehead atoms. The zero-order valence-electron chi connectivity index (χ0n) is 30.2. The van der Waals surface area contributed by atoms with Crippen LogP contribution < -0.4 is 14.8 Å². The third-order valence-corrected chi connectivity index (χ3v) is 9.89. The fraction of sp³-hybridized carbons (Fsp3) is 0.675. The Balaban J connectivity index is 1.54. The second-order valence-electron chi connectivity index (χ2n) is 15.8. The molecule has 5 nitrogen and oxygen atoms in total. The van der Waals surface area contributed by atoms with E-state index in [1.165, 1.54) is 51.4 Å². The average molecular weight is 622 g/mol. The number of phenols is 1. The number of hydrogen-bond donors (Lipinski definition) is 2. The fourth-order valence-corrected chi connectivity index (χ4v) is 6.41. The van der Waals surface area contributed by atoms with Gasteiger partial charge in [0.2, 0.25) is 5.91 Å². The number of hydrogen-bond acceptors (Lipinski definition) is 4. The number of amides is 1. The van der Waals surface area contributed by atoms with Gasteiger partial charge in [0.15, 0.2) is 0 Å². The van der Waals surface area contributed by atoms with E-state index in [0.29, 0.717) is 11.5 Å².